The Morgan fingerprint density at radius 3 is 3.04 bits per heavy atom. The van der Waals surface area contributed by atoms with Gasteiger partial charge in [-0.3, -0.25) is 14.4 Å². The number of hydrogen-bond donors (Lipinski definition) is 1. The van der Waals surface area contributed by atoms with Crippen LogP contribution in [0.25, 0.3) is 11.3 Å². The predicted octanol–water partition coefficient (Wildman–Crippen LogP) is 2.01. The molecule has 0 aliphatic carbocycles. The fraction of sp³-hybridized carbons (Fsp3) is 0.476. The second kappa shape index (κ2) is 7.75. The Labute approximate surface area is 165 Å². The molecule has 5 rings (SSSR count). The molecule has 0 spiro atoms. The number of carbonyl (C=O) groups is 1. The third-order valence-electron chi connectivity index (χ3n) is 6.05. The largest absolute Gasteiger partial charge is 0.508 e. The summed E-state index contributed by atoms with van der Waals surface area (Å²) in [6.07, 6.45) is 5.80. The van der Waals surface area contributed by atoms with E-state index in [0.717, 1.165) is 43.7 Å². The van der Waals surface area contributed by atoms with E-state index in [0.29, 0.717) is 18.5 Å². The predicted molar refractivity (Wildman–Crippen MR) is 107 cm³/mol. The van der Waals surface area contributed by atoms with E-state index in [1.54, 1.807) is 29.2 Å². The van der Waals surface area contributed by atoms with Crippen molar-refractivity contribution in [2.75, 3.05) is 26.7 Å². The van der Waals surface area contributed by atoms with Crippen LogP contribution in [-0.4, -0.2) is 68.5 Å². The number of aromatic nitrogens is 3. The molecule has 148 valence electrons. The maximum Gasteiger partial charge on any atom is 0.227 e. The average molecular weight is 381 g/mol. The number of fused-ring (bicyclic) bond motifs is 3. The summed E-state index contributed by atoms with van der Waals surface area (Å²) in [5, 5.41) is 18.2. The van der Waals surface area contributed by atoms with E-state index in [2.05, 4.69) is 21.8 Å². The lowest BCUT2D eigenvalue weighted by Gasteiger charge is -2.49. The molecule has 4 heterocycles. The molecule has 4 atom stereocenters. The fourth-order valence-electron chi connectivity index (χ4n) is 4.58. The highest BCUT2D eigenvalue weighted by Crippen LogP contribution is 2.37. The fourth-order valence-corrected chi connectivity index (χ4v) is 4.58. The third kappa shape index (κ3) is 3.67. The zero-order valence-electron chi connectivity index (χ0n) is 16.2. The molecule has 3 aliphatic heterocycles. The first kappa shape index (κ1) is 18.7. The van der Waals surface area contributed by atoms with Crippen molar-refractivity contribution in [3.05, 3.63) is 43.1 Å². The van der Waals surface area contributed by atoms with Crippen LogP contribution in [0.15, 0.2) is 43.1 Å². The number of aromatic hydroxyl groups is 1. The molecule has 1 N–H and O–H groups in total. The monoisotopic (exact) mass is 381 g/mol. The summed E-state index contributed by atoms with van der Waals surface area (Å²) in [7, 11) is 1.86. The Morgan fingerprint density at radius 1 is 1.46 bits per heavy atom. The van der Waals surface area contributed by atoms with Crippen LogP contribution >= 0.6 is 0 Å². The number of hydrogen-bond acceptors (Lipinski definition) is 5. The van der Waals surface area contributed by atoms with Gasteiger partial charge in [0.1, 0.15) is 11.4 Å². The Morgan fingerprint density at radius 2 is 2.32 bits per heavy atom. The molecule has 1 aromatic heterocycles. The molecule has 2 bridgehead atoms. The second-order valence-corrected chi connectivity index (χ2v) is 7.92. The minimum Gasteiger partial charge on any atom is -0.508 e. The first-order valence-corrected chi connectivity index (χ1v) is 9.84. The lowest BCUT2D eigenvalue weighted by molar-refractivity contribution is -0.142. The smallest absolute Gasteiger partial charge is 0.227 e. The summed E-state index contributed by atoms with van der Waals surface area (Å²) in [4.78, 5) is 16.9. The van der Waals surface area contributed by atoms with Crippen molar-refractivity contribution in [1.29, 1.82) is 0 Å². The van der Waals surface area contributed by atoms with Crippen LogP contribution in [0.4, 0.5) is 0 Å². The van der Waals surface area contributed by atoms with Crippen molar-refractivity contribution in [2.24, 2.45) is 11.8 Å². The first-order chi connectivity index (χ1) is 13.5. The highest BCUT2D eigenvalue weighted by molar-refractivity contribution is 5.79. The van der Waals surface area contributed by atoms with Crippen LogP contribution in [0.1, 0.15) is 12.8 Å². The average Bonchev–Trinajstić information content (AvgIpc) is 3.16. The number of nitrogens with zero attached hydrogens (tertiary/aromatic N) is 5. The van der Waals surface area contributed by atoms with E-state index < -0.39 is 0 Å². The van der Waals surface area contributed by atoms with Gasteiger partial charge in [-0.25, -0.2) is 0 Å². The molecule has 1 unspecified atom stereocenters. The number of rotatable bonds is 6. The standard InChI is InChI=1S/C21H27N5O2/c1-3-8-24(2)21(28)19-13-25-9-7-15(19)10-17(25)12-26-14-20(22-23-26)16-5-4-6-18(27)11-16/h3-6,11,14-15,17,19,27H,1,7-10,12-13H2,2H3/t15-,17+,19+/m0/s1. The zero-order valence-corrected chi connectivity index (χ0v) is 16.2. The minimum atomic E-state index is 0.0913. The van der Waals surface area contributed by atoms with Crippen molar-refractivity contribution in [1.82, 2.24) is 24.8 Å². The summed E-state index contributed by atoms with van der Waals surface area (Å²) in [5.41, 5.74) is 1.61. The van der Waals surface area contributed by atoms with Gasteiger partial charge in [0.25, 0.3) is 0 Å². The zero-order chi connectivity index (χ0) is 19.7. The Hall–Kier alpha value is -2.67. The van der Waals surface area contributed by atoms with Gasteiger partial charge in [-0.2, -0.15) is 0 Å². The van der Waals surface area contributed by atoms with Gasteiger partial charge in [-0.05, 0) is 37.4 Å². The van der Waals surface area contributed by atoms with Crippen LogP contribution in [0.3, 0.4) is 0 Å². The van der Waals surface area contributed by atoms with Crippen LogP contribution in [0.2, 0.25) is 0 Å². The quantitative estimate of drug-likeness (QED) is 0.775. The van der Waals surface area contributed by atoms with Crippen molar-refractivity contribution in [3.8, 4) is 17.0 Å². The lowest BCUT2D eigenvalue weighted by Crippen LogP contribution is -2.58. The summed E-state index contributed by atoms with van der Waals surface area (Å²) in [6, 6.07) is 7.43. The molecular weight excluding hydrogens is 354 g/mol. The minimum absolute atomic E-state index is 0.0913. The molecule has 1 amide bonds. The number of benzene rings is 1. The van der Waals surface area contributed by atoms with E-state index in [1.807, 2.05) is 24.0 Å². The summed E-state index contributed by atoms with van der Waals surface area (Å²) < 4.78 is 1.88. The van der Waals surface area contributed by atoms with E-state index in [-0.39, 0.29) is 17.6 Å². The van der Waals surface area contributed by atoms with Gasteiger partial charge in [-0.1, -0.05) is 23.4 Å². The summed E-state index contributed by atoms with van der Waals surface area (Å²) in [5.74, 6) is 0.984. The first-order valence-electron chi connectivity index (χ1n) is 9.84. The molecule has 7 nitrogen and oxygen atoms in total. The molecule has 2 aromatic rings. The number of piperidine rings is 3. The molecule has 0 radical (unpaired) electrons. The summed E-state index contributed by atoms with van der Waals surface area (Å²) >= 11 is 0. The number of carbonyl (C=O) groups excluding carboxylic acids is 1. The van der Waals surface area contributed by atoms with Crippen molar-refractivity contribution < 1.29 is 9.90 Å². The molecule has 28 heavy (non-hydrogen) atoms. The van der Waals surface area contributed by atoms with Crippen LogP contribution in [0, 0.1) is 11.8 Å². The van der Waals surface area contributed by atoms with Gasteiger partial charge < -0.3 is 10.0 Å². The van der Waals surface area contributed by atoms with Crippen LogP contribution in [0.5, 0.6) is 5.75 Å². The molecule has 0 saturated carbocycles. The number of phenolic OH excluding ortho intramolecular Hbond substituents is 1. The van der Waals surface area contributed by atoms with Crippen molar-refractivity contribution in [3.63, 3.8) is 0 Å². The maximum absolute atomic E-state index is 12.7. The van der Waals surface area contributed by atoms with Crippen molar-refractivity contribution >= 4 is 5.91 Å². The Bertz CT molecular complexity index is 864. The van der Waals surface area contributed by atoms with E-state index in [1.165, 1.54) is 0 Å². The second-order valence-electron chi connectivity index (χ2n) is 7.92. The van der Waals surface area contributed by atoms with E-state index in [4.69, 9.17) is 0 Å². The summed E-state index contributed by atoms with van der Waals surface area (Å²) in [6.45, 7) is 6.96. The number of amides is 1. The Balaban J connectivity index is 1.41. The van der Waals surface area contributed by atoms with Gasteiger partial charge in [0.15, 0.2) is 0 Å². The normalized spacial score (nSPS) is 26.2. The van der Waals surface area contributed by atoms with Crippen LogP contribution < -0.4 is 0 Å². The van der Waals surface area contributed by atoms with Crippen molar-refractivity contribution in [2.45, 2.75) is 25.4 Å². The highest BCUT2D eigenvalue weighted by atomic mass is 16.3. The molecular formula is C21H27N5O2. The number of phenols is 1. The van der Waals surface area contributed by atoms with Gasteiger partial charge >= 0.3 is 0 Å². The molecule has 3 aliphatic rings. The van der Waals surface area contributed by atoms with E-state index >= 15 is 0 Å². The lowest BCUT2D eigenvalue weighted by atomic mass is 9.75. The topological polar surface area (TPSA) is 74.5 Å². The maximum atomic E-state index is 12.7. The molecule has 1 aromatic carbocycles. The van der Waals surface area contributed by atoms with Crippen LogP contribution in [-0.2, 0) is 11.3 Å². The Kier molecular flexibility index (Phi) is 5.17. The number of likely N-dealkylation sites (N-methyl/N-ethyl adjacent to an activating group) is 1. The third-order valence-corrected chi connectivity index (χ3v) is 6.05. The molecule has 7 heteroatoms. The highest BCUT2D eigenvalue weighted by Gasteiger charge is 2.44. The van der Waals surface area contributed by atoms with Gasteiger partial charge in [0.2, 0.25) is 5.91 Å². The SMILES string of the molecule is C=CCN(C)C(=O)[C@@H]1CN2CC[C@H]1C[C@@H]2Cn1cc(-c2cccc(O)c2)nn1. The van der Waals surface area contributed by atoms with Gasteiger partial charge in [0.05, 0.1) is 18.7 Å². The molecule has 3 fully saturated rings. The van der Waals surface area contributed by atoms with E-state index in [9.17, 15) is 9.90 Å². The van der Waals surface area contributed by atoms with Gasteiger partial charge in [0, 0.05) is 31.7 Å². The molecule has 3 saturated heterocycles. The van der Waals surface area contributed by atoms with Gasteiger partial charge in [-0.15, -0.1) is 11.7 Å².